The zero-order chi connectivity index (χ0) is 20.2. The monoisotopic (exact) mass is 446 g/mol. The number of aromatic nitrogens is 3. The van der Waals surface area contributed by atoms with Crippen molar-refractivity contribution in [2.45, 2.75) is 18.8 Å². The van der Waals surface area contributed by atoms with Crippen LogP contribution >= 0.6 is 34.7 Å². The summed E-state index contributed by atoms with van der Waals surface area (Å²) in [6.07, 6.45) is 0. The number of anilines is 1. The SMILES string of the molecule is Cc1ccc2nc(NC(=O)CSc3nnc(COc4ccc(Cl)cc4)o3)sc2c1. The molecular formula is C19H15ClN4O3S2. The summed E-state index contributed by atoms with van der Waals surface area (Å²) in [5.74, 6) is 0.911. The summed E-state index contributed by atoms with van der Waals surface area (Å²) >= 11 is 8.43. The molecule has 0 radical (unpaired) electrons. The van der Waals surface area contributed by atoms with Gasteiger partial charge < -0.3 is 14.5 Å². The number of thiazole rings is 1. The van der Waals surface area contributed by atoms with Crippen LogP contribution < -0.4 is 10.1 Å². The minimum absolute atomic E-state index is 0.131. The molecule has 0 atom stereocenters. The fraction of sp³-hybridized carbons (Fsp3) is 0.158. The van der Waals surface area contributed by atoms with Gasteiger partial charge in [0.2, 0.25) is 5.91 Å². The van der Waals surface area contributed by atoms with Crippen LogP contribution in [0.25, 0.3) is 10.2 Å². The molecule has 2 aromatic carbocycles. The van der Waals surface area contributed by atoms with Gasteiger partial charge in [-0.25, -0.2) is 4.98 Å². The van der Waals surface area contributed by atoms with Crippen molar-refractivity contribution in [2.75, 3.05) is 11.1 Å². The Morgan fingerprint density at radius 1 is 1.24 bits per heavy atom. The van der Waals surface area contributed by atoms with Gasteiger partial charge in [-0.2, -0.15) is 0 Å². The van der Waals surface area contributed by atoms with Crippen LogP contribution in [0, 0.1) is 6.92 Å². The summed E-state index contributed by atoms with van der Waals surface area (Å²) in [5.41, 5.74) is 2.02. The number of rotatable bonds is 7. The Bertz CT molecular complexity index is 1140. The number of hydrogen-bond donors (Lipinski definition) is 1. The van der Waals surface area contributed by atoms with E-state index >= 15 is 0 Å². The van der Waals surface area contributed by atoms with Crippen molar-refractivity contribution in [3.05, 3.63) is 58.9 Å². The van der Waals surface area contributed by atoms with E-state index in [0.29, 0.717) is 27.0 Å². The Hall–Kier alpha value is -2.62. The molecule has 0 aliphatic heterocycles. The van der Waals surface area contributed by atoms with Crippen molar-refractivity contribution >= 4 is 56.0 Å². The lowest BCUT2D eigenvalue weighted by molar-refractivity contribution is -0.113. The average molecular weight is 447 g/mol. The maximum Gasteiger partial charge on any atom is 0.277 e. The number of carbonyl (C=O) groups excluding carboxylic acids is 1. The van der Waals surface area contributed by atoms with Crippen molar-refractivity contribution in [2.24, 2.45) is 0 Å². The van der Waals surface area contributed by atoms with E-state index in [2.05, 4.69) is 20.5 Å². The zero-order valence-corrected chi connectivity index (χ0v) is 17.6. The van der Waals surface area contributed by atoms with Crippen LogP contribution in [0.1, 0.15) is 11.5 Å². The standard InChI is InChI=1S/C19H15ClN4O3S2/c1-11-2-7-14-15(8-11)29-18(21-14)22-16(25)10-28-19-24-23-17(27-19)9-26-13-5-3-12(20)4-6-13/h2-8H,9-10H2,1H3,(H,21,22,25). The first-order valence-corrected chi connectivity index (χ1v) is 10.7. The quantitative estimate of drug-likeness (QED) is 0.401. The van der Waals surface area contributed by atoms with Gasteiger partial charge in [-0.15, -0.1) is 10.2 Å². The number of hydrogen-bond acceptors (Lipinski definition) is 8. The zero-order valence-electron chi connectivity index (χ0n) is 15.2. The Kier molecular flexibility index (Phi) is 5.98. The molecule has 29 heavy (non-hydrogen) atoms. The third kappa shape index (κ3) is 5.26. The molecule has 0 unspecified atom stereocenters. The van der Waals surface area contributed by atoms with Crippen LogP contribution in [-0.2, 0) is 11.4 Å². The molecule has 0 spiro atoms. The van der Waals surface area contributed by atoms with Crippen LogP contribution in [0.3, 0.4) is 0 Å². The number of amides is 1. The normalized spacial score (nSPS) is 11.0. The highest BCUT2D eigenvalue weighted by Crippen LogP contribution is 2.27. The number of fused-ring (bicyclic) bond motifs is 1. The first-order valence-electron chi connectivity index (χ1n) is 8.56. The summed E-state index contributed by atoms with van der Waals surface area (Å²) in [6, 6.07) is 13.0. The molecule has 0 saturated heterocycles. The number of nitrogens with one attached hydrogen (secondary N) is 1. The lowest BCUT2D eigenvalue weighted by Gasteiger charge is -2.02. The van der Waals surface area contributed by atoms with Crippen molar-refractivity contribution in [3.63, 3.8) is 0 Å². The number of thioether (sulfide) groups is 1. The number of benzene rings is 2. The van der Waals surface area contributed by atoms with Gasteiger partial charge in [0, 0.05) is 5.02 Å². The van der Waals surface area contributed by atoms with E-state index in [1.165, 1.54) is 11.3 Å². The molecule has 7 nitrogen and oxygen atoms in total. The molecule has 0 saturated carbocycles. The summed E-state index contributed by atoms with van der Waals surface area (Å²) in [4.78, 5) is 16.6. The van der Waals surface area contributed by atoms with Crippen LogP contribution in [0.5, 0.6) is 5.75 Å². The molecule has 4 rings (SSSR count). The Morgan fingerprint density at radius 3 is 2.90 bits per heavy atom. The average Bonchev–Trinajstić information content (AvgIpc) is 3.32. The van der Waals surface area contributed by atoms with Gasteiger partial charge in [-0.1, -0.05) is 40.8 Å². The van der Waals surface area contributed by atoms with E-state index < -0.39 is 0 Å². The molecular weight excluding hydrogens is 432 g/mol. The molecule has 1 amide bonds. The summed E-state index contributed by atoms with van der Waals surface area (Å²) < 4.78 is 12.1. The maximum atomic E-state index is 12.2. The molecule has 1 N–H and O–H groups in total. The fourth-order valence-electron chi connectivity index (χ4n) is 2.40. The minimum atomic E-state index is -0.192. The largest absolute Gasteiger partial charge is 0.484 e. The van der Waals surface area contributed by atoms with E-state index in [9.17, 15) is 4.79 Å². The van der Waals surface area contributed by atoms with Gasteiger partial charge in [0.05, 0.1) is 16.0 Å². The number of nitrogens with zero attached hydrogens (tertiary/aromatic N) is 3. The van der Waals surface area contributed by atoms with Gasteiger partial charge in [0.25, 0.3) is 11.1 Å². The topological polar surface area (TPSA) is 90.1 Å². The number of aryl methyl sites for hydroxylation is 1. The number of carbonyl (C=O) groups is 1. The molecule has 2 heterocycles. The van der Waals surface area contributed by atoms with E-state index in [-0.39, 0.29) is 18.3 Å². The van der Waals surface area contributed by atoms with Crippen LogP contribution in [0.2, 0.25) is 5.02 Å². The Balaban J connectivity index is 1.27. The van der Waals surface area contributed by atoms with E-state index in [4.69, 9.17) is 20.8 Å². The molecule has 0 aliphatic rings. The van der Waals surface area contributed by atoms with Gasteiger partial charge >= 0.3 is 0 Å². The second-order valence-electron chi connectivity index (χ2n) is 6.03. The molecule has 4 aromatic rings. The maximum absolute atomic E-state index is 12.2. The third-order valence-electron chi connectivity index (χ3n) is 3.74. The summed E-state index contributed by atoms with van der Waals surface area (Å²) in [5, 5.41) is 12.1. The van der Waals surface area contributed by atoms with Crippen molar-refractivity contribution in [1.29, 1.82) is 0 Å². The van der Waals surface area contributed by atoms with Crippen molar-refractivity contribution < 1.29 is 13.9 Å². The van der Waals surface area contributed by atoms with Crippen molar-refractivity contribution in [1.82, 2.24) is 15.2 Å². The highest BCUT2D eigenvalue weighted by atomic mass is 35.5. The first-order chi connectivity index (χ1) is 14.0. The lowest BCUT2D eigenvalue weighted by Crippen LogP contribution is -2.13. The van der Waals surface area contributed by atoms with Gasteiger partial charge in [0.15, 0.2) is 11.7 Å². The predicted molar refractivity (Wildman–Crippen MR) is 114 cm³/mol. The molecule has 10 heteroatoms. The molecule has 2 aromatic heterocycles. The van der Waals surface area contributed by atoms with Gasteiger partial charge in [0.1, 0.15) is 5.75 Å². The molecule has 148 valence electrons. The highest BCUT2D eigenvalue weighted by Gasteiger charge is 2.12. The second kappa shape index (κ2) is 8.81. The minimum Gasteiger partial charge on any atom is -0.484 e. The number of ether oxygens (including phenoxy) is 1. The van der Waals surface area contributed by atoms with E-state index in [1.54, 1.807) is 24.3 Å². The van der Waals surface area contributed by atoms with E-state index in [1.807, 2.05) is 25.1 Å². The van der Waals surface area contributed by atoms with Crippen molar-refractivity contribution in [3.8, 4) is 5.75 Å². The smallest absolute Gasteiger partial charge is 0.277 e. The lowest BCUT2D eigenvalue weighted by atomic mass is 10.2. The summed E-state index contributed by atoms with van der Waals surface area (Å²) in [6.45, 7) is 2.15. The fourth-order valence-corrected chi connectivity index (χ4v) is 4.09. The van der Waals surface area contributed by atoms with Gasteiger partial charge in [-0.05, 0) is 48.9 Å². The Labute approximate surface area is 179 Å². The molecule has 0 bridgehead atoms. The van der Waals surface area contributed by atoms with Crippen LogP contribution in [0.4, 0.5) is 5.13 Å². The van der Waals surface area contributed by atoms with Crippen LogP contribution in [0.15, 0.2) is 52.1 Å². The number of halogens is 1. The van der Waals surface area contributed by atoms with Gasteiger partial charge in [-0.3, -0.25) is 4.79 Å². The predicted octanol–water partition coefficient (Wildman–Crippen LogP) is 4.95. The van der Waals surface area contributed by atoms with Crippen LogP contribution in [-0.4, -0.2) is 26.8 Å². The highest BCUT2D eigenvalue weighted by molar-refractivity contribution is 7.99. The first kappa shape index (κ1) is 19.7. The van der Waals surface area contributed by atoms with E-state index in [0.717, 1.165) is 27.5 Å². The summed E-state index contributed by atoms with van der Waals surface area (Å²) in [7, 11) is 0. The second-order valence-corrected chi connectivity index (χ2v) is 8.43. The molecule has 0 fully saturated rings. The Morgan fingerprint density at radius 2 is 2.07 bits per heavy atom. The molecule has 0 aliphatic carbocycles. The third-order valence-corrected chi connectivity index (χ3v) is 5.75.